The Bertz CT molecular complexity index is 557. The van der Waals surface area contributed by atoms with E-state index in [1.54, 1.807) is 25.3 Å². The van der Waals surface area contributed by atoms with Gasteiger partial charge in [0.2, 0.25) is 5.91 Å². The summed E-state index contributed by atoms with van der Waals surface area (Å²) in [5.41, 5.74) is 0.405. The van der Waals surface area contributed by atoms with E-state index < -0.39 is 5.41 Å². The van der Waals surface area contributed by atoms with E-state index in [1.807, 2.05) is 6.07 Å². The zero-order valence-electron chi connectivity index (χ0n) is 11.9. The van der Waals surface area contributed by atoms with Gasteiger partial charge in [0.25, 0.3) is 0 Å². The molecule has 0 radical (unpaired) electrons. The molecule has 2 N–H and O–H groups in total. The number of anilines is 1. The summed E-state index contributed by atoms with van der Waals surface area (Å²) in [6.45, 7) is 1.97. The Morgan fingerprint density at radius 2 is 2.24 bits per heavy atom. The second kappa shape index (κ2) is 6.90. The summed E-state index contributed by atoms with van der Waals surface area (Å²) in [6, 6.07) is 6.90. The number of hydrogen-bond acceptors (Lipinski definition) is 4. The fourth-order valence-electron chi connectivity index (χ4n) is 2.57. The summed E-state index contributed by atoms with van der Waals surface area (Å²) < 4.78 is 5.25. The zero-order chi connectivity index (χ0) is 15.3. The summed E-state index contributed by atoms with van der Waals surface area (Å²) in [7, 11) is 1.60. The van der Waals surface area contributed by atoms with Crippen LogP contribution < -0.4 is 10.6 Å². The quantitative estimate of drug-likeness (QED) is 0.894. The number of methoxy groups -OCH3 is 1. The molecule has 1 fully saturated rings. The predicted molar refractivity (Wildman–Crippen MR) is 81.2 cm³/mol. The van der Waals surface area contributed by atoms with Crippen LogP contribution in [0.4, 0.5) is 5.69 Å². The smallest absolute Gasteiger partial charge is 0.233 e. The van der Waals surface area contributed by atoms with Crippen molar-refractivity contribution >= 4 is 23.2 Å². The Morgan fingerprint density at radius 3 is 2.86 bits per heavy atom. The average Bonchev–Trinajstić information content (AvgIpc) is 2.50. The third kappa shape index (κ3) is 3.53. The van der Waals surface area contributed by atoms with Crippen LogP contribution in [-0.2, 0) is 9.53 Å². The van der Waals surface area contributed by atoms with Gasteiger partial charge >= 0.3 is 0 Å². The van der Waals surface area contributed by atoms with E-state index in [-0.39, 0.29) is 5.91 Å². The van der Waals surface area contributed by atoms with Crippen molar-refractivity contribution in [1.29, 1.82) is 5.26 Å². The van der Waals surface area contributed by atoms with Gasteiger partial charge in [0.1, 0.15) is 6.07 Å². The number of amides is 1. The molecule has 112 valence electrons. The van der Waals surface area contributed by atoms with Crippen LogP contribution in [0.1, 0.15) is 18.4 Å². The van der Waals surface area contributed by atoms with Crippen LogP contribution >= 0.6 is 11.6 Å². The first kappa shape index (κ1) is 15.8. The van der Waals surface area contributed by atoms with Gasteiger partial charge in [-0.05, 0) is 44.1 Å². The van der Waals surface area contributed by atoms with E-state index in [4.69, 9.17) is 21.6 Å². The molecule has 0 bridgehead atoms. The highest BCUT2D eigenvalue weighted by molar-refractivity contribution is 6.31. The molecule has 21 heavy (non-hydrogen) atoms. The fourth-order valence-corrected chi connectivity index (χ4v) is 2.73. The van der Waals surface area contributed by atoms with E-state index in [9.17, 15) is 4.79 Å². The molecule has 1 saturated heterocycles. The lowest BCUT2D eigenvalue weighted by Crippen LogP contribution is -2.47. The molecular weight excluding hydrogens is 290 g/mol. The third-order valence-electron chi connectivity index (χ3n) is 3.81. The Morgan fingerprint density at radius 1 is 1.52 bits per heavy atom. The van der Waals surface area contributed by atoms with Crippen LogP contribution in [0.5, 0.6) is 0 Å². The van der Waals surface area contributed by atoms with Crippen LogP contribution in [-0.4, -0.2) is 32.7 Å². The van der Waals surface area contributed by atoms with Gasteiger partial charge in [-0.15, -0.1) is 0 Å². The lowest BCUT2D eigenvalue weighted by molar-refractivity contribution is -0.130. The molecule has 1 aromatic carbocycles. The van der Waals surface area contributed by atoms with Crippen molar-refractivity contribution in [2.24, 2.45) is 5.41 Å². The minimum atomic E-state index is -0.521. The summed E-state index contributed by atoms with van der Waals surface area (Å²) in [5, 5.41) is 15.5. The third-order valence-corrected chi connectivity index (χ3v) is 4.14. The Hall–Kier alpha value is -1.61. The summed E-state index contributed by atoms with van der Waals surface area (Å²) in [5.74, 6) is -0.0722. The maximum absolute atomic E-state index is 12.6. The molecule has 0 aliphatic carbocycles. The van der Waals surface area contributed by atoms with Crippen LogP contribution in [0.2, 0.25) is 5.02 Å². The van der Waals surface area contributed by atoms with Gasteiger partial charge in [0.05, 0.1) is 22.6 Å². The zero-order valence-corrected chi connectivity index (χ0v) is 12.7. The van der Waals surface area contributed by atoms with Crippen LogP contribution in [0.25, 0.3) is 0 Å². The van der Waals surface area contributed by atoms with E-state index in [0.717, 1.165) is 25.9 Å². The topological polar surface area (TPSA) is 74.1 Å². The number of carbonyl (C=O) groups excluding carboxylic acids is 1. The van der Waals surface area contributed by atoms with Crippen molar-refractivity contribution in [1.82, 2.24) is 5.32 Å². The standard InChI is InChI=1S/C15H18ClN3O2/c1-21-10-15(4-6-18-7-5-15)14(20)19-12-2-3-13(16)11(8-12)9-17/h2-3,8,18H,4-7,10H2,1H3,(H,19,20). The molecule has 6 heteroatoms. The molecular formula is C15H18ClN3O2. The minimum absolute atomic E-state index is 0.0722. The molecule has 0 saturated carbocycles. The van der Waals surface area contributed by atoms with Crippen LogP contribution in [0, 0.1) is 16.7 Å². The van der Waals surface area contributed by atoms with Crippen molar-refractivity contribution in [3.05, 3.63) is 28.8 Å². The number of nitrogens with zero attached hydrogens (tertiary/aromatic N) is 1. The van der Waals surface area contributed by atoms with Crippen molar-refractivity contribution in [3.8, 4) is 6.07 Å². The predicted octanol–water partition coefficient (Wildman–Crippen LogP) is 2.17. The van der Waals surface area contributed by atoms with Gasteiger partial charge in [0, 0.05) is 12.8 Å². The number of halogens is 1. The number of ether oxygens (including phenoxy) is 1. The van der Waals surface area contributed by atoms with Crippen molar-refractivity contribution in [2.75, 3.05) is 32.1 Å². The van der Waals surface area contributed by atoms with Gasteiger partial charge in [-0.3, -0.25) is 4.79 Å². The largest absolute Gasteiger partial charge is 0.384 e. The first-order valence-corrected chi connectivity index (χ1v) is 7.20. The molecule has 2 rings (SSSR count). The highest BCUT2D eigenvalue weighted by Gasteiger charge is 2.39. The number of hydrogen-bond donors (Lipinski definition) is 2. The second-order valence-electron chi connectivity index (χ2n) is 5.22. The lowest BCUT2D eigenvalue weighted by Gasteiger charge is -2.35. The molecule has 0 unspecified atom stereocenters. The summed E-state index contributed by atoms with van der Waals surface area (Å²) in [4.78, 5) is 12.6. The molecule has 0 atom stereocenters. The minimum Gasteiger partial charge on any atom is -0.384 e. The molecule has 1 aliphatic rings. The fraction of sp³-hybridized carbons (Fsp3) is 0.467. The Kier molecular flexibility index (Phi) is 5.18. The van der Waals surface area contributed by atoms with Crippen LogP contribution in [0.3, 0.4) is 0 Å². The lowest BCUT2D eigenvalue weighted by atomic mass is 9.78. The number of rotatable bonds is 4. The van der Waals surface area contributed by atoms with Gasteiger partial charge in [-0.25, -0.2) is 0 Å². The maximum Gasteiger partial charge on any atom is 0.233 e. The highest BCUT2D eigenvalue weighted by atomic mass is 35.5. The van der Waals surface area contributed by atoms with Gasteiger partial charge in [-0.2, -0.15) is 5.26 Å². The number of piperidine rings is 1. The number of nitrogens with one attached hydrogen (secondary N) is 2. The molecule has 0 spiro atoms. The van der Waals surface area contributed by atoms with E-state index >= 15 is 0 Å². The Labute approximate surface area is 129 Å². The van der Waals surface area contributed by atoms with Gasteiger partial charge in [0.15, 0.2) is 0 Å². The van der Waals surface area contributed by atoms with Crippen molar-refractivity contribution in [2.45, 2.75) is 12.8 Å². The normalized spacial score (nSPS) is 17.0. The van der Waals surface area contributed by atoms with Crippen molar-refractivity contribution < 1.29 is 9.53 Å². The van der Waals surface area contributed by atoms with E-state index in [1.165, 1.54) is 0 Å². The van der Waals surface area contributed by atoms with Gasteiger partial charge in [-0.1, -0.05) is 11.6 Å². The monoisotopic (exact) mass is 307 g/mol. The average molecular weight is 308 g/mol. The molecule has 1 heterocycles. The maximum atomic E-state index is 12.6. The van der Waals surface area contributed by atoms with E-state index in [2.05, 4.69) is 10.6 Å². The Balaban J connectivity index is 2.17. The first-order chi connectivity index (χ1) is 10.1. The van der Waals surface area contributed by atoms with Crippen molar-refractivity contribution in [3.63, 3.8) is 0 Å². The number of carbonyl (C=O) groups is 1. The SMILES string of the molecule is COCC1(C(=O)Nc2ccc(Cl)c(C#N)c2)CCNCC1. The summed E-state index contributed by atoms with van der Waals surface area (Å²) >= 11 is 5.90. The molecule has 1 aromatic rings. The first-order valence-electron chi connectivity index (χ1n) is 6.82. The van der Waals surface area contributed by atoms with E-state index in [0.29, 0.717) is 22.9 Å². The number of benzene rings is 1. The molecule has 1 amide bonds. The molecule has 5 nitrogen and oxygen atoms in total. The highest BCUT2D eigenvalue weighted by Crippen LogP contribution is 2.31. The molecule has 0 aromatic heterocycles. The molecule has 1 aliphatic heterocycles. The second-order valence-corrected chi connectivity index (χ2v) is 5.63. The summed E-state index contributed by atoms with van der Waals surface area (Å²) in [6.07, 6.45) is 1.46. The number of nitriles is 1. The van der Waals surface area contributed by atoms with Gasteiger partial charge < -0.3 is 15.4 Å². The van der Waals surface area contributed by atoms with Crippen LogP contribution in [0.15, 0.2) is 18.2 Å².